The van der Waals surface area contributed by atoms with Crippen LogP contribution in [0.4, 0.5) is 0 Å². The molecule has 1 unspecified atom stereocenters. The molecule has 3 aromatic heterocycles. The zero-order valence-electron chi connectivity index (χ0n) is 17.0. The van der Waals surface area contributed by atoms with Crippen LogP contribution in [0.15, 0.2) is 20.4 Å². The minimum Gasteiger partial charge on any atom is -0.391 e. The van der Waals surface area contributed by atoms with Gasteiger partial charge >= 0.3 is 5.69 Å². The Bertz CT molecular complexity index is 1140. The summed E-state index contributed by atoms with van der Waals surface area (Å²) in [7, 11) is 2.96. The summed E-state index contributed by atoms with van der Waals surface area (Å²) >= 11 is 0. The SMILES string of the molecule is Cn1c(=O)c2c(ncn2CC(O)Cc2noc(CCN3CCOCC3)n2)n(C)c1=O. The molecule has 0 bridgehead atoms. The Morgan fingerprint density at radius 2 is 1.97 bits per heavy atom. The molecule has 0 radical (unpaired) electrons. The van der Waals surface area contributed by atoms with Gasteiger partial charge in [0.1, 0.15) is 0 Å². The van der Waals surface area contributed by atoms with Crippen LogP contribution in [0, 0.1) is 0 Å². The van der Waals surface area contributed by atoms with Gasteiger partial charge in [0.15, 0.2) is 17.0 Å². The molecule has 3 aromatic rings. The molecule has 1 aliphatic rings. The van der Waals surface area contributed by atoms with E-state index in [-0.39, 0.29) is 24.1 Å². The Kier molecular flexibility index (Phi) is 5.79. The summed E-state index contributed by atoms with van der Waals surface area (Å²) < 4.78 is 14.5. The van der Waals surface area contributed by atoms with E-state index < -0.39 is 17.4 Å². The number of hydrogen-bond acceptors (Lipinski definition) is 9. The van der Waals surface area contributed by atoms with Crippen LogP contribution in [0.25, 0.3) is 11.2 Å². The third-order valence-corrected chi connectivity index (χ3v) is 5.30. The van der Waals surface area contributed by atoms with Crippen molar-refractivity contribution >= 4 is 11.2 Å². The fourth-order valence-electron chi connectivity index (χ4n) is 3.59. The number of aryl methyl sites for hydroxylation is 1. The first-order chi connectivity index (χ1) is 14.4. The largest absolute Gasteiger partial charge is 0.391 e. The van der Waals surface area contributed by atoms with Crippen LogP contribution in [0.2, 0.25) is 0 Å². The van der Waals surface area contributed by atoms with Gasteiger partial charge in [0.2, 0.25) is 5.89 Å². The van der Waals surface area contributed by atoms with Crippen LogP contribution in [-0.2, 0) is 38.2 Å². The first kappa shape index (κ1) is 20.4. The average molecular weight is 419 g/mol. The van der Waals surface area contributed by atoms with Crippen LogP contribution in [0.1, 0.15) is 11.7 Å². The van der Waals surface area contributed by atoms with Gasteiger partial charge in [0.25, 0.3) is 5.56 Å². The zero-order valence-corrected chi connectivity index (χ0v) is 17.0. The van der Waals surface area contributed by atoms with Crippen LogP contribution in [0.3, 0.4) is 0 Å². The van der Waals surface area contributed by atoms with E-state index in [9.17, 15) is 14.7 Å². The van der Waals surface area contributed by atoms with Gasteiger partial charge in [-0.1, -0.05) is 5.16 Å². The molecule has 0 aliphatic carbocycles. The van der Waals surface area contributed by atoms with Crippen molar-refractivity contribution in [2.24, 2.45) is 14.1 Å². The predicted molar refractivity (Wildman–Crippen MR) is 105 cm³/mol. The van der Waals surface area contributed by atoms with Gasteiger partial charge in [0, 0.05) is 46.6 Å². The van der Waals surface area contributed by atoms with Gasteiger partial charge < -0.3 is 18.9 Å². The second-order valence-corrected chi connectivity index (χ2v) is 7.44. The van der Waals surface area contributed by atoms with E-state index in [2.05, 4.69) is 20.0 Å². The lowest BCUT2D eigenvalue weighted by molar-refractivity contribution is 0.0375. The topological polar surface area (TPSA) is 133 Å². The number of morpholine rings is 1. The maximum atomic E-state index is 12.5. The highest BCUT2D eigenvalue weighted by Gasteiger charge is 2.18. The van der Waals surface area contributed by atoms with Gasteiger partial charge in [-0.3, -0.25) is 18.8 Å². The maximum Gasteiger partial charge on any atom is 0.332 e. The highest BCUT2D eigenvalue weighted by molar-refractivity contribution is 5.69. The normalized spacial score (nSPS) is 16.4. The molecular formula is C18H25N7O5. The number of ether oxygens (including phenoxy) is 1. The molecule has 1 atom stereocenters. The average Bonchev–Trinajstić information content (AvgIpc) is 3.37. The second-order valence-electron chi connectivity index (χ2n) is 7.44. The standard InChI is InChI=1S/C18H25N7O5/c1-22-16-15(17(27)23(2)18(22)28)25(11-19-16)10-12(26)9-13-20-14(30-21-13)3-4-24-5-7-29-8-6-24/h11-12,26H,3-10H2,1-2H3. The molecule has 1 fully saturated rings. The lowest BCUT2D eigenvalue weighted by Gasteiger charge is -2.25. The molecule has 12 heteroatoms. The summed E-state index contributed by atoms with van der Waals surface area (Å²) in [5, 5.41) is 14.4. The number of rotatable bonds is 7. The van der Waals surface area contributed by atoms with Crippen molar-refractivity contribution in [3.8, 4) is 0 Å². The molecule has 0 aromatic carbocycles. The van der Waals surface area contributed by atoms with Crippen molar-refractivity contribution < 1.29 is 14.4 Å². The van der Waals surface area contributed by atoms with Crippen LogP contribution >= 0.6 is 0 Å². The number of aliphatic hydroxyl groups is 1. The van der Waals surface area contributed by atoms with E-state index in [1.54, 1.807) is 11.6 Å². The predicted octanol–water partition coefficient (Wildman–Crippen LogP) is -1.70. The third-order valence-electron chi connectivity index (χ3n) is 5.30. The van der Waals surface area contributed by atoms with E-state index in [1.807, 2.05) is 0 Å². The summed E-state index contributed by atoms with van der Waals surface area (Å²) in [6, 6.07) is 0. The molecule has 1 N–H and O–H groups in total. The van der Waals surface area contributed by atoms with E-state index in [0.717, 1.165) is 37.4 Å². The molecule has 4 rings (SSSR count). The number of aliphatic hydroxyl groups excluding tert-OH is 1. The van der Waals surface area contributed by atoms with E-state index in [1.165, 1.54) is 17.9 Å². The molecule has 162 valence electrons. The molecule has 12 nitrogen and oxygen atoms in total. The minimum absolute atomic E-state index is 0.113. The summed E-state index contributed by atoms with van der Waals surface area (Å²) in [6.45, 7) is 4.19. The van der Waals surface area contributed by atoms with Crippen LogP contribution in [-0.4, -0.2) is 77.8 Å². The fraction of sp³-hybridized carbons (Fsp3) is 0.611. The molecule has 0 spiro atoms. The first-order valence-corrected chi connectivity index (χ1v) is 9.84. The number of aromatic nitrogens is 6. The Hall–Kier alpha value is -2.83. The molecule has 30 heavy (non-hydrogen) atoms. The van der Waals surface area contributed by atoms with Crippen LogP contribution in [0.5, 0.6) is 0 Å². The number of nitrogens with zero attached hydrogens (tertiary/aromatic N) is 7. The number of fused-ring (bicyclic) bond motifs is 1. The molecule has 4 heterocycles. The highest BCUT2D eigenvalue weighted by atomic mass is 16.5. The Balaban J connectivity index is 1.41. The Morgan fingerprint density at radius 3 is 2.73 bits per heavy atom. The monoisotopic (exact) mass is 419 g/mol. The van der Waals surface area contributed by atoms with E-state index in [4.69, 9.17) is 9.26 Å². The zero-order chi connectivity index (χ0) is 21.3. The van der Waals surface area contributed by atoms with Gasteiger partial charge in [-0.2, -0.15) is 4.98 Å². The second kappa shape index (κ2) is 8.50. The molecule has 0 saturated carbocycles. The minimum atomic E-state index is -0.853. The first-order valence-electron chi connectivity index (χ1n) is 9.84. The number of hydrogen-bond donors (Lipinski definition) is 1. The van der Waals surface area contributed by atoms with Crippen molar-refractivity contribution in [1.29, 1.82) is 0 Å². The van der Waals surface area contributed by atoms with E-state index >= 15 is 0 Å². The van der Waals surface area contributed by atoms with Crippen molar-refractivity contribution in [2.75, 3.05) is 32.8 Å². The van der Waals surface area contributed by atoms with Gasteiger partial charge in [-0.25, -0.2) is 9.78 Å². The van der Waals surface area contributed by atoms with Crippen molar-refractivity contribution in [3.63, 3.8) is 0 Å². The molecule has 1 aliphatic heterocycles. The van der Waals surface area contributed by atoms with Crippen LogP contribution < -0.4 is 11.2 Å². The van der Waals surface area contributed by atoms with E-state index in [0.29, 0.717) is 18.1 Å². The van der Waals surface area contributed by atoms with Crippen molar-refractivity contribution in [3.05, 3.63) is 38.9 Å². The Morgan fingerprint density at radius 1 is 1.20 bits per heavy atom. The van der Waals surface area contributed by atoms with Gasteiger partial charge in [-0.15, -0.1) is 0 Å². The highest BCUT2D eigenvalue weighted by Crippen LogP contribution is 2.09. The quantitative estimate of drug-likeness (QED) is 0.475. The lowest BCUT2D eigenvalue weighted by atomic mass is 10.2. The van der Waals surface area contributed by atoms with Crippen molar-refractivity contribution in [1.82, 2.24) is 33.7 Å². The smallest absolute Gasteiger partial charge is 0.332 e. The van der Waals surface area contributed by atoms with Gasteiger partial charge in [0.05, 0.1) is 32.2 Å². The molecular weight excluding hydrogens is 394 g/mol. The summed E-state index contributed by atoms with van der Waals surface area (Å²) in [5.74, 6) is 0.935. The summed E-state index contributed by atoms with van der Waals surface area (Å²) in [6.07, 6.45) is 1.40. The third kappa shape index (κ3) is 4.06. The maximum absolute atomic E-state index is 12.5. The fourth-order valence-corrected chi connectivity index (χ4v) is 3.59. The molecule has 0 amide bonds. The molecule has 1 saturated heterocycles. The van der Waals surface area contributed by atoms with Crippen molar-refractivity contribution in [2.45, 2.75) is 25.5 Å². The number of imidazole rings is 1. The van der Waals surface area contributed by atoms with Gasteiger partial charge in [-0.05, 0) is 0 Å². The summed E-state index contributed by atoms with van der Waals surface area (Å²) in [4.78, 5) is 35.3. The summed E-state index contributed by atoms with van der Waals surface area (Å²) in [5.41, 5.74) is -0.365. The Labute approximate surface area is 171 Å². The lowest BCUT2D eigenvalue weighted by Crippen LogP contribution is -2.37.